The Balaban J connectivity index is 1.58. The molecule has 2 aromatic carbocycles. The van der Waals surface area contributed by atoms with Crippen molar-refractivity contribution in [1.29, 1.82) is 0 Å². The Morgan fingerprint density at radius 3 is 2.76 bits per heavy atom. The Morgan fingerprint density at radius 1 is 1.21 bits per heavy atom. The average molecular weight is 426 g/mol. The van der Waals surface area contributed by atoms with Crippen molar-refractivity contribution in [2.75, 3.05) is 5.32 Å². The molecule has 0 fully saturated rings. The first-order valence-corrected chi connectivity index (χ1v) is 9.94. The van der Waals surface area contributed by atoms with E-state index in [1.54, 1.807) is 18.3 Å². The molecule has 0 aliphatic carbocycles. The topological polar surface area (TPSA) is 81.3 Å². The maximum absolute atomic E-state index is 12.6. The molecule has 2 heterocycles. The average Bonchev–Trinajstić information content (AvgIpc) is 3.02. The van der Waals surface area contributed by atoms with Gasteiger partial charge in [0, 0.05) is 28.0 Å². The molecular formula is C20H16ClN5O2S. The third-order valence-corrected chi connectivity index (χ3v) is 5.57. The van der Waals surface area contributed by atoms with Crippen molar-refractivity contribution in [1.82, 2.24) is 19.2 Å². The van der Waals surface area contributed by atoms with Crippen molar-refractivity contribution in [2.24, 2.45) is 0 Å². The normalized spacial score (nSPS) is 11.0. The third kappa shape index (κ3) is 4.18. The third-order valence-electron chi connectivity index (χ3n) is 4.18. The van der Waals surface area contributed by atoms with Gasteiger partial charge in [-0.25, -0.2) is 18.9 Å². The van der Waals surface area contributed by atoms with Crippen LogP contribution in [0.25, 0.3) is 5.65 Å². The van der Waals surface area contributed by atoms with Gasteiger partial charge in [0.25, 0.3) is 0 Å². The summed E-state index contributed by atoms with van der Waals surface area (Å²) in [6, 6.07) is 14.9. The molecule has 146 valence electrons. The van der Waals surface area contributed by atoms with Crippen LogP contribution >= 0.6 is 23.4 Å². The van der Waals surface area contributed by atoms with Crippen LogP contribution in [0.2, 0.25) is 5.02 Å². The van der Waals surface area contributed by atoms with Crippen LogP contribution in [-0.2, 0) is 11.3 Å². The quantitative estimate of drug-likeness (QED) is 0.528. The zero-order chi connectivity index (χ0) is 20.4. The molecule has 0 bridgehead atoms. The van der Waals surface area contributed by atoms with Crippen LogP contribution in [-0.4, -0.2) is 25.1 Å². The number of aryl methyl sites for hydroxylation is 1. The van der Waals surface area contributed by atoms with Gasteiger partial charge in [0.2, 0.25) is 5.91 Å². The standard InChI is InChI=1S/C20H16ClN5O2S/c1-13-7-8-14(11-16(13)21)23-17(27)12-26-20(28)25-10-9-22-19(18(25)24-26)29-15-5-3-2-4-6-15/h2-11H,12H2,1H3,(H,23,27). The number of halogens is 1. The SMILES string of the molecule is Cc1ccc(NC(=O)Cn2nc3c(Sc4ccccc4)nccn3c2=O)cc1Cl. The number of carbonyl (C=O) groups is 1. The molecule has 0 spiro atoms. The highest BCUT2D eigenvalue weighted by Gasteiger charge is 2.15. The van der Waals surface area contributed by atoms with Gasteiger partial charge in [-0.1, -0.05) is 47.6 Å². The summed E-state index contributed by atoms with van der Waals surface area (Å²) in [4.78, 5) is 30.4. The summed E-state index contributed by atoms with van der Waals surface area (Å²) >= 11 is 7.49. The minimum Gasteiger partial charge on any atom is -0.324 e. The predicted octanol–water partition coefficient (Wildman–Crippen LogP) is 3.64. The molecule has 0 radical (unpaired) electrons. The molecule has 0 saturated carbocycles. The van der Waals surface area contributed by atoms with Crippen molar-refractivity contribution in [2.45, 2.75) is 23.4 Å². The van der Waals surface area contributed by atoms with E-state index in [0.29, 0.717) is 21.4 Å². The zero-order valence-corrected chi connectivity index (χ0v) is 16.9. The molecule has 1 N–H and O–H groups in total. The molecule has 1 amide bonds. The summed E-state index contributed by atoms with van der Waals surface area (Å²) in [5.74, 6) is -0.374. The van der Waals surface area contributed by atoms with E-state index in [1.807, 2.05) is 43.3 Å². The van der Waals surface area contributed by atoms with E-state index in [2.05, 4.69) is 15.4 Å². The Morgan fingerprint density at radius 2 is 2.00 bits per heavy atom. The van der Waals surface area contributed by atoms with Gasteiger partial charge in [0.1, 0.15) is 11.6 Å². The molecule has 2 aromatic heterocycles. The van der Waals surface area contributed by atoms with Gasteiger partial charge in [0.05, 0.1) is 0 Å². The Labute approximate surface area is 175 Å². The van der Waals surface area contributed by atoms with Crippen LogP contribution < -0.4 is 11.0 Å². The molecule has 7 nitrogen and oxygen atoms in total. The summed E-state index contributed by atoms with van der Waals surface area (Å²) in [5.41, 5.74) is 1.47. The smallest absolute Gasteiger partial charge is 0.324 e. The summed E-state index contributed by atoms with van der Waals surface area (Å²) < 4.78 is 2.51. The second kappa shape index (κ2) is 8.10. The second-order valence-corrected chi connectivity index (χ2v) is 7.76. The molecular weight excluding hydrogens is 410 g/mol. The molecule has 9 heteroatoms. The summed E-state index contributed by atoms with van der Waals surface area (Å²) in [7, 11) is 0. The number of fused-ring (bicyclic) bond motifs is 1. The molecule has 0 aliphatic rings. The Bertz CT molecular complexity index is 1250. The number of nitrogens with zero attached hydrogens (tertiary/aromatic N) is 4. The van der Waals surface area contributed by atoms with Crippen LogP contribution in [0.4, 0.5) is 5.69 Å². The number of anilines is 1. The first kappa shape index (κ1) is 19.2. The van der Waals surface area contributed by atoms with E-state index in [-0.39, 0.29) is 12.5 Å². The van der Waals surface area contributed by atoms with Crippen molar-refractivity contribution in [3.63, 3.8) is 0 Å². The van der Waals surface area contributed by atoms with Gasteiger partial charge < -0.3 is 5.32 Å². The number of rotatable bonds is 5. The van der Waals surface area contributed by atoms with Crippen LogP contribution in [0.1, 0.15) is 5.56 Å². The lowest BCUT2D eigenvalue weighted by molar-refractivity contribution is -0.117. The number of carbonyl (C=O) groups excluding carboxylic acids is 1. The molecule has 4 aromatic rings. The highest BCUT2D eigenvalue weighted by atomic mass is 35.5. The lowest BCUT2D eigenvalue weighted by atomic mass is 10.2. The second-order valence-electron chi connectivity index (χ2n) is 6.29. The van der Waals surface area contributed by atoms with Gasteiger partial charge >= 0.3 is 5.69 Å². The maximum atomic E-state index is 12.6. The number of aromatic nitrogens is 4. The van der Waals surface area contributed by atoms with E-state index < -0.39 is 5.69 Å². The summed E-state index contributed by atoms with van der Waals surface area (Å²) in [6.07, 6.45) is 3.08. The maximum Gasteiger partial charge on any atom is 0.350 e. The van der Waals surface area contributed by atoms with Crippen LogP contribution in [0.3, 0.4) is 0 Å². The molecule has 29 heavy (non-hydrogen) atoms. The minimum absolute atomic E-state index is 0.221. The number of amides is 1. The van der Waals surface area contributed by atoms with E-state index >= 15 is 0 Å². The Kier molecular flexibility index (Phi) is 5.37. The fourth-order valence-electron chi connectivity index (χ4n) is 2.71. The van der Waals surface area contributed by atoms with Crippen LogP contribution in [0.5, 0.6) is 0 Å². The lowest BCUT2D eigenvalue weighted by Crippen LogP contribution is -2.28. The highest BCUT2D eigenvalue weighted by molar-refractivity contribution is 7.99. The van der Waals surface area contributed by atoms with Crippen LogP contribution in [0, 0.1) is 6.92 Å². The van der Waals surface area contributed by atoms with Crippen molar-refractivity contribution in [3.05, 3.63) is 82.0 Å². The first-order valence-electron chi connectivity index (χ1n) is 8.74. The first-order chi connectivity index (χ1) is 14.0. The molecule has 4 rings (SSSR count). The van der Waals surface area contributed by atoms with Crippen molar-refractivity contribution >= 4 is 40.6 Å². The van der Waals surface area contributed by atoms with E-state index in [1.165, 1.54) is 22.4 Å². The summed E-state index contributed by atoms with van der Waals surface area (Å²) in [6.45, 7) is 1.66. The lowest BCUT2D eigenvalue weighted by Gasteiger charge is -2.06. The number of hydrogen-bond acceptors (Lipinski definition) is 5. The van der Waals surface area contributed by atoms with Gasteiger partial charge in [-0.3, -0.25) is 4.79 Å². The van der Waals surface area contributed by atoms with Crippen molar-refractivity contribution < 1.29 is 4.79 Å². The van der Waals surface area contributed by atoms with E-state index in [0.717, 1.165) is 15.1 Å². The van der Waals surface area contributed by atoms with E-state index in [9.17, 15) is 9.59 Å². The Hall–Kier alpha value is -3.10. The van der Waals surface area contributed by atoms with Gasteiger partial charge in [-0.05, 0) is 36.8 Å². The number of nitrogens with one attached hydrogen (secondary N) is 1. The fraction of sp³-hybridized carbons (Fsp3) is 0.100. The summed E-state index contributed by atoms with van der Waals surface area (Å²) in [5, 5.41) is 8.19. The van der Waals surface area contributed by atoms with Crippen LogP contribution in [0.15, 0.2) is 75.6 Å². The highest BCUT2D eigenvalue weighted by Crippen LogP contribution is 2.27. The fourth-order valence-corrected chi connectivity index (χ4v) is 3.75. The minimum atomic E-state index is -0.408. The molecule has 0 saturated heterocycles. The predicted molar refractivity (Wildman–Crippen MR) is 113 cm³/mol. The molecule has 0 atom stereocenters. The van der Waals surface area contributed by atoms with Crippen molar-refractivity contribution in [3.8, 4) is 0 Å². The van der Waals surface area contributed by atoms with E-state index in [4.69, 9.17) is 11.6 Å². The largest absolute Gasteiger partial charge is 0.350 e. The number of benzene rings is 2. The number of hydrogen-bond donors (Lipinski definition) is 1. The van der Waals surface area contributed by atoms with Gasteiger partial charge in [-0.15, -0.1) is 5.10 Å². The monoisotopic (exact) mass is 425 g/mol. The molecule has 0 aliphatic heterocycles. The zero-order valence-electron chi connectivity index (χ0n) is 15.4. The van der Waals surface area contributed by atoms with Gasteiger partial charge in [0.15, 0.2) is 5.65 Å². The van der Waals surface area contributed by atoms with Gasteiger partial charge in [-0.2, -0.15) is 0 Å². The molecule has 0 unspecified atom stereocenters.